The van der Waals surface area contributed by atoms with Crippen molar-refractivity contribution < 1.29 is 9.47 Å². The normalized spacial score (nSPS) is 13.9. The van der Waals surface area contributed by atoms with Crippen LogP contribution in [0.25, 0.3) is 11.4 Å². The fourth-order valence-corrected chi connectivity index (χ4v) is 2.23. The van der Waals surface area contributed by atoms with Gasteiger partial charge in [-0.15, -0.1) is 0 Å². The summed E-state index contributed by atoms with van der Waals surface area (Å²) in [5.74, 6) is 2.69. The molecule has 7 heteroatoms. The zero-order valence-corrected chi connectivity index (χ0v) is 12.3. The summed E-state index contributed by atoms with van der Waals surface area (Å²) in [6, 6.07) is 0. The first-order chi connectivity index (χ1) is 10.3. The highest BCUT2D eigenvalue weighted by atomic mass is 16.5. The zero-order chi connectivity index (χ0) is 14.8. The Bertz CT molecular complexity index is 658. The highest BCUT2D eigenvalue weighted by Gasteiger charge is 2.31. The molecule has 3 rings (SSSR count). The minimum absolute atomic E-state index is 0.445. The molecule has 7 nitrogen and oxygen atoms in total. The van der Waals surface area contributed by atoms with Crippen molar-refractivity contribution in [1.29, 1.82) is 0 Å². The molecule has 1 fully saturated rings. The van der Waals surface area contributed by atoms with E-state index in [0.717, 1.165) is 24.1 Å². The van der Waals surface area contributed by atoms with Gasteiger partial charge in [-0.25, -0.2) is 19.9 Å². The molecule has 1 N–H and O–H groups in total. The van der Waals surface area contributed by atoms with E-state index in [9.17, 15) is 0 Å². The van der Waals surface area contributed by atoms with Crippen LogP contribution in [0, 0.1) is 0 Å². The molecule has 2 aromatic rings. The first kappa shape index (κ1) is 13.5. The van der Waals surface area contributed by atoms with Crippen molar-refractivity contribution in [2.24, 2.45) is 0 Å². The van der Waals surface area contributed by atoms with Crippen LogP contribution in [0.2, 0.25) is 0 Å². The maximum atomic E-state index is 5.37. The van der Waals surface area contributed by atoms with Crippen molar-refractivity contribution in [1.82, 2.24) is 19.9 Å². The summed E-state index contributed by atoms with van der Waals surface area (Å²) in [4.78, 5) is 17.5. The maximum Gasteiger partial charge on any atom is 0.227 e. The Kier molecular flexibility index (Phi) is 3.55. The molecular formula is C14H17N5O2. The first-order valence-corrected chi connectivity index (χ1v) is 6.76. The number of rotatable bonds is 5. The Morgan fingerprint density at radius 1 is 1.14 bits per heavy atom. The van der Waals surface area contributed by atoms with Crippen molar-refractivity contribution in [2.45, 2.75) is 18.8 Å². The lowest BCUT2D eigenvalue weighted by atomic mass is 10.1. The highest BCUT2D eigenvalue weighted by molar-refractivity contribution is 5.68. The maximum absolute atomic E-state index is 5.37. The summed E-state index contributed by atoms with van der Waals surface area (Å²) in [6.07, 6.45) is 5.42. The number of nitrogens with one attached hydrogen (secondary N) is 1. The number of methoxy groups -OCH3 is 2. The van der Waals surface area contributed by atoms with Gasteiger partial charge in [0.2, 0.25) is 5.88 Å². The van der Waals surface area contributed by atoms with Gasteiger partial charge < -0.3 is 14.8 Å². The van der Waals surface area contributed by atoms with Gasteiger partial charge in [0.25, 0.3) is 0 Å². The van der Waals surface area contributed by atoms with E-state index < -0.39 is 0 Å². The minimum Gasteiger partial charge on any atom is -0.491 e. The molecular weight excluding hydrogens is 270 g/mol. The summed E-state index contributed by atoms with van der Waals surface area (Å²) in [5, 5.41) is 3.00. The van der Waals surface area contributed by atoms with Crippen LogP contribution >= 0.6 is 0 Å². The molecule has 0 unspecified atom stereocenters. The Balaban J connectivity index is 2.15. The van der Waals surface area contributed by atoms with Gasteiger partial charge >= 0.3 is 0 Å². The summed E-state index contributed by atoms with van der Waals surface area (Å²) < 4.78 is 10.6. The van der Waals surface area contributed by atoms with Crippen molar-refractivity contribution in [3.8, 4) is 23.0 Å². The van der Waals surface area contributed by atoms with Crippen LogP contribution in [-0.2, 0) is 0 Å². The van der Waals surface area contributed by atoms with Crippen molar-refractivity contribution in [3.63, 3.8) is 0 Å². The Labute approximate surface area is 122 Å². The molecule has 1 aliphatic carbocycles. The minimum atomic E-state index is 0.445. The molecule has 0 bridgehead atoms. The van der Waals surface area contributed by atoms with Crippen molar-refractivity contribution >= 4 is 5.82 Å². The van der Waals surface area contributed by atoms with Crippen LogP contribution in [0.3, 0.4) is 0 Å². The number of nitrogens with zero attached hydrogens (tertiary/aromatic N) is 4. The molecule has 0 aromatic carbocycles. The molecule has 0 saturated heterocycles. The van der Waals surface area contributed by atoms with Gasteiger partial charge in [0.05, 0.1) is 26.1 Å². The lowest BCUT2D eigenvalue weighted by molar-refractivity contribution is 0.397. The molecule has 2 heterocycles. The smallest absolute Gasteiger partial charge is 0.227 e. The van der Waals surface area contributed by atoms with Crippen molar-refractivity contribution in [2.75, 3.05) is 26.6 Å². The van der Waals surface area contributed by atoms with Gasteiger partial charge in [-0.2, -0.15) is 0 Å². The van der Waals surface area contributed by atoms with Gasteiger partial charge in [0.15, 0.2) is 17.4 Å². The number of hydrogen-bond acceptors (Lipinski definition) is 7. The van der Waals surface area contributed by atoms with Crippen LogP contribution in [0.15, 0.2) is 12.5 Å². The van der Waals surface area contributed by atoms with Gasteiger partial charge in [-0.3, -0.25) is 0 Å². The Hall–Kier alpha value is -2.44. The second kappa shape index (κ2) is 5.51. The standard InChI is InChI=1S/C14H17N5O2/c1-15-12-9(20-2)6-16-13(19-12)10-11(8-4-5-8)17-7-18-14(10)21-3/h6-8H,4-5H2,1-3H3,(H,15,16,19). The van der Waals surface area contributed by atoms with Crippen molar-refractivity contribution in [3.05, 3.63) is 18.2 Å². The highest BCUT2D eigenvalue weighted by Crippen LogP contribution is 2.45. The second-order valence-corrected chi connectivity index (χ2v) is 4.78. The topological polar surface area (TPSA) is 82.1 Å². The van der Waals surface area contributed by atoms with Gasteiger partial charge in [-0.1, -0.05) is 0 Å². The predicted octanol–water partition coefficient (Wildman–Crippen LogP) is 1.87. The number of anilines is 1. The summed E-state index contributed by atoms with van der Waals surface area (Å²) >= 11 is 0. The molecule has 0 atom stereocenters. The SMILES string of the molecule is CNc1nc(-c2c(OC)ncnc2C2CC2)ncc1OC. The summed E-state index contributed by atoms with van der Waals surface area (Å²) in [6.45, 7) is 0. The number of aromatic nitrogens is 4. The molecule has 0 aliphatic heterocycles. The van der Waals surface area contributed by atoms with Crippen LogP contribution in [0.4, 0.5) is 5.82 Å². The van der Waals surface area contributed by atoms with Crippen LogP contribution in [-0.4, -0.2) is 41.2 Å². The third kappa shape index (κ3) is 2.46. The molecule has 110 valence electrons. The van der Waals surface area contributed by atoms with E-state index in [2.05, 4.69) is 25.3 Å². The van der Waals surface area contributed by atoms with E-state index in [-0.39, 0.29) is 0 Å². The quantitative estimate of drug-likeness (QED) is 0.898. The van der Waals surface area contributed by atoms with Gasteiger partial charge in [0.1, 0.15) is 11.9 Å². The predicted molar refractivity (Wildman–Crippen MR) is 77.7 cm³/mol. The van der Waals surface area contributed by atoms with Gasteiger partial charge in [-0.05, 0) is 12.8 Å². The Morgan fingerprint density at radius 3 is 2.57 bits per heavy atom. The fraction of sp³-hybridized carbons (Fsp3) is 0.429. The van der Waals surface area contributed by atoms with Crippen LogP contribution < -0.4 is 14.8 Å². The largest absolute Gasteiger partial charge is 0.491 e. The first-order valence-electron chi connectivity index (χ1n) is 6.76. The molecule has 0 radical (unpaired) electrons. The monoisotopic (exact) mass is 287 g/mol. The average Bonchev–Trinajstić information content (AvgIpc) is 3.38. The van der Waals surface area contributed by atoms with Gasteiger partial charge in [0, 0.05) is 13.0 Å². The van der Waals surface area contributed by atoms with Crippen LogP contribution in [0.1, 0.15) is 24.5 Å². The van der Waals surface area contributed by atoms with E-state index >= 15 is 0 Å². The van der Waals surface area contributed by atoms with Crippen LogP contribution in [0.5, 0.6) is 11.6 Å². The zero-order valence-electron chi connectivity index (χ0n) is 12.3. The third-order valence-electron chi connectivity index (χ3n) is 3.43. The number of hydrogen-bond donors (Lipinski definition) is 1. The number of ether oxygens (including phenoxy) is 2. The van der Waals surface area contributed by atoms with E-state index in [1.807, 2.05) is 0 Å². The molecule has 1 aliphatic rings. The molecule has 2 aromatic heterocycles. The lowest BCUT2D eigenvalue weighted by Gasteiger charge is -2.12. The average molecular weight is 287 g/mol. The molecule has 21 heavy (non-hydrogen) atoms. The van der Waals surface area contributed by atoms with E-state index in [4.69, 9.17) is 9.47 Å². The summed E-state index contributed by atoms with van der Waals surface area (Å²) in [5.41, 5.74) is 1.72. The third-order valence-corrected chi connectivity index (χ3v) is 3.43. The van der Waals surface area contributed by atoms with E-state index in [0.29, 0.717) is 29.2 Å². The Morgan fingerprint density at radius 2 is 1.95 bits per heavy atom. The van der Waals surface area contributed by atoms with E-state index in [1.54, 1.807) is 27.5 Å². The molecule has 0 spiro atoms. The molecule has 0 amide bonds. The second-order valence-electron chi connectivity index (χ2n) is 4.78. The fourth-order valence-electron chi connectivity index (χ4n) is 2.23. The molecule has 1 saturated carbocycles. The summed E-state index contributed by atoms with van der Waals surface area (Å²) in [7, 11) is 4.96. The lowest BCUT2D eigenvalue weighted by Crippen LogP contribution is -2.04. The van der Waals surface area contributed by atoms with E-state index in [1.165, 1.54) is 6.33 Å².